The van der Waals surface area contributed by atoms with Gasteiger partial charge in [0.25, 0.3) is 0 Å². The lowest BCUT2D eigenvalue weighted by atomic mass is 9.98. The van der Waals surface area contributed by atoms with Crippen molar-refractivity contribution < 1.29 is 8.83 Å². The Bertz CT molecular complexity index is 2950. The van der Waals surface area contributed by atoms with Crippen LogP contribution in [0.3, 0.4) is 0 Å². The molecule has 0 radical (unpaired) electrons. The van der Waals surface area contributed by atoms with Crippen LogP contribution < -0.4 is 0 Å². The van der Waals surface area contributed by atoms with Gasteiger partial charge < -0.3 is 13.4 Å². The smallest absolute Gasteiger partial charge is 0.143 e. The molecule has 3 heterocycles. The van der Waals surface area contributed by atoms with Crippen LogP contribution >= 0.6 is 0 Å². The van der Waals surface area contributed by atoms with E-state index in [1.807, 2.05) is 24.3 Å². The summed E-state index contributed by atoms with van der Waals surface area (Å²) in [6.07, 6.45) is 0. The molecule has 0 aliphatic heterocycles. The maximum atomic E-state index is 6.49. The van der Waals surface area contributed by atoms with Crippen LogP contribution in [0.4, 0.5) is 0 Å². The summed E-state index contributed by atoms with van der Waals surface area (Å²) in [5.41, 5.74) is 13.9. The van der Waals surface area contributed by atoms with Crippen LogP contribution in [0.2, 0.25) is 0 Å². The summed E-state index contributed by atoms with van der Waals surface area (Å²) < 4.78 is 15.4. The summed E-state index contributed by atoms with van der Waals surface area (Å²) in [6, 6.07) is 62.5. The molecule has 0 unspecified atom stereocenters. The molecule has 0 N–H and O–H groups in total. The minimum atomic E-state index is 0.904. The van der Waals surface area contributed by atoms with Crippen molar-refractivity contribution in [2.75, 3.05) is 0 Å². The number of furan rings is 2. The molecule has 0 spiro atoms. The summed E-state index contributed by atoms with van der Waals surface area (Å²) in [5, 5.41) is 6.89. The number of nitrogens with zero attached hydrogens (tertiary/aromatic N) is 1. The molecule has 0 aliphatic rings. The molecule has 0 atom stereocenters. The third-order valence-electron chi connectivity index (χ3n) is 10.4. The van der Waals surface area contributed by atoms with Crippen molar-refractivity contribution in [2.24, 2.45) is 0 Å². The van der Waals surface area contributed by atoms with E-state index in [9.17, 15) is 0 Å². The molecule has 0 amide bonds. The van der Waals surface area contributed by atoms with Crippen molar-refractivity contribution in [1.29, 1.82) is 0 Å². The van der Waals surface area contributed by atoms with Crippen LogP contribution in [-0.4, -0.2) is 4.57 Å². The van der Waals surface area contributed by atoms with Gasteiger partial charge in [-0.05, 0) is 70.8 Å². The standard InChI is InChI=1S/C48H29NO2/c1-2-10-30(11-3-1)31-20-24-34(25-21-31)49-43-26-22-32(35-14-8-16-39-37-12-4-6-18-45(37)50-47(35)39)28-41(43)42-29-33(23-27-44(42)49)36-15-9-17-40-38-13-5-7-19-46(38)51-48(36)40/h1-29H. The first-order valence-electron chi connectivity index (χ1n) is 17.3. The molecule has 0 saturated carbocycles. The number of benzene rings is 8. The minimum Gasteiger partial charge on any atom is -0.455 e. The van der Waals surface area contributed by atoms with Crippen LogP contribution in [-0.2, 0) is 0 Å². The van der Waals surface area contributed by atoms with Gasteiger partial charge in [-0.3, -0.25) is 0 Å². The summed E-state index contributed by atoms with van der Waals surface area (Å²) >= 11 is 0. The fraction of sp³-hybridized carbons (Fsp3) is 0. The maximum Gasteiger partial charge on any atom is 0.143 e. The van der Waals surface area contributed by atoms with Gasteiger partial charge in [0.1, 0.15) is 22.3 Å². The van der Waals surface area contributed by atoms with Gasteiger partial charge in [-0.15, -0.1) is 0 Å². The number of rotatable bonds is 4. The van der Waals surface area contributed by atoms with Crippen LogP contribution in [0.25, 0.3) is 105 Å². The summed E-state index contributed by atoms with van der Waals surface area (Å²) in [4.78, 5) is 0. The maximum absolute atomic E-state index is 6.49. The Hall–Kier alpha value is -6.84. The Labute approximate surface area is 293 Å². The van der Waals surface area contributed by atoms with E-state index in [2.05, 4.69) is 156 Å². The van der Waals surface area contributed by atoms with E-state index in [0.717, 1.165) is 82.9 Å². The monoisotopic (exact) mass is 651 g/mol. The highest BCUT2D eigenvalue weighted by molar-refractivity contribution is 6.15. The largest absolute Gasteiger partial charge is 0.455 e. The van der Waals surface area contributed by atoms with Crippen molar-refractivity contribution in [3.8, 4) is 39.1 Å². The second-order valence-electron chi connectivity index (χ2n) is 13.3. The predicted octanol–water partition coefficient (Wildman–Crippen LogP) is 13.6. The van der Waals surface area contributed by atoms with Crippen LogP contribution in [0.1, 0.15) is 0 Å². The van der Waals surface area contributed by atoms with Crippen molar-refractivity contribution in [3.63, 3.8) is 0 Å². The molecule has 11 aromatic rings. The van der Waals surface area contributed by atoms with Gasteiger partial charge in [0.05, 0.1) is 11.0 Å². The molecule has 11 rings (SSSR count). The van der Waals surface area contributed by atoms with E-state index in [1.54, 1.807) is 0 Å². The van der Waals surface area contributed by atoms with E-state index in [-0.39, 0.29) is 0 Å². The Morgan fingerprint density at radius 1 is 0.314 bits per heavy atom. The second-order valence-corrected chi connectivity index (χ2v) is 13.3. The Kier molecular flexibility index (Phi) is 5.96. The van der Waals surface area contributed by atoms with Gasteiger partial charge in [-0.2, -0.15) is 0 Å². The quantitative estimate of drug-likeness (QED) is 0.190. The molecule has 0 aliphatic carbocycles. The van der Waals surface area contributed by atoms with E-state index < -0.39 is 0 Å². The lowest BCUT2D eigenvalue weighted by Gasteiger charge is -2.10. The fourth-order valence-electron chi connectivity index (χ4n) is 8.02. The zero-order valence-electron chi connectivity index (χ0n) is 27.5. The Morgan fingerprint density at radius 3 is 1.31 bits per heavy atom. The number of hydrogen-bond acceptors (Lipinski definition) is 2. The molecule has 51 heavy (non-hydrogen) atoms. The summed E-state index contributed by atoms with van der Waals surface area (Å²) in [5.74, 6) is 0. The number of hydrogen-bond donors (Lipinski definition) is 0. The van der Waals surface area contributed by atoms with Crippen molar-refractivity contribution >= 4 is 65.7 Å². The third-order valence-corrected chi connectivity index (χ3v) is 10.4. The molecular formula is C48H29NO2. The topological polar surface area (TPSA) is 31.2 Å². The first-order chi connectivity index (χ1) is 25.3. The predicted molar refractivity (Wildman–Crippen MR) is 212 cm³/mol. The molecule has 3 nitrogen and oxygen atoms in total. The molecule has 0 saturated heterocycles. The van der Waals surface area contributed by atoms with E-state index >= 15 is 0 Å². The zero-order valence-corrected chi connectivity index (χ0v) is 27.5. The Balaban J connectivity index is 1.15. The summed E-state index contributed by atoms with van der Waals surface area (Å²) in [7, 11) is 0. The average Bonchev–Trinajstić information content (AvgIpc) is 3.87. The van der Waals surface area contributed by atoms with Crippen LogP contribution in [0.5, 0.6) is 0 Å². The zero-order chi connectivity index (χ0) is 33.5. The highest BCUT2D eigenvalue weighted by Crippen LogP contribution is 2.42. The molecule has 3 aromatic heterocycles. The lowest BCUT2D eigenvalue weighted by Crippen LogP contribution is -1.94. The first kappa shape index (κ1) is 28.0. The summed E-state index contributed by atoms with van der Waals surface area (Å²) in [6.45, 7) is 0. The van der Waals surface area contributed by atoms with Gasteiger partial charge in [-0.25, -0.2) is 0 Å². The van der Waals surface area contributed by atoms with Gasteiger partial charge in [0, 0.05) is 49.1 Å². The lowest BCUT2D eigenvalue weighted by molar-refractivity contribution is 0.669. The van der Waals surface area contributed by atoms with Gasteiger partial charge in [0.15, 0.2) is 0 Å². The van der Waals surface area contributed by atoms with Crippen LogP contribution in [0, 0.1) is 0 Å². The highest BCUT2D eigenvalue weighted by atomic mass is 16.3. The van der Waals surface area contributed by atoms with Gasteiger partial charge in [0.2, 0.25) is 0 Å². The van der Waals surface area contributed by atoms with E-state index in [4.69, 9.17) is 8.83 Å². The van der Waals surface area contributed by atoms with Crippen LogP contribution in [0.15, 0.2) is 185 Å². The molecule has 0 bridgehead atoms. The molecule has 8 aromatic carbocycles. The molecule has 3 heteroatoms. The fourth-order valence-corrected chi connectivity index (χ4v) is 8.02. The number of aromatic nitrogens is 1. The average molecular weight is 652 g/mol. The van der Waals surface area contributed by atoms with Crippen molar-refractivity contribution in [3.05, 3.63) is 176 Å². The molecular weight excluding hydrogens is 623 g/mol. The highest BCUT2D eigenvalue weighted by Gasteiger charge is 2.19. The Morgan fingerprint density at radius 2 is 0.765 bits per heavy atom. The molecule has 0 fully saturated rings. The van der Waals surface area contributed by atoms with Crippen molar-refractivity contribution in [1.82, 2.24) is 4.57 Å². The number of para-hydroxylation sites is 4. The molecule has 238 valence electrons. The van der Waals surface area contributed by atoms with Gasteiger partial charge >= 0.3 is 0 Å². The third kappa shape index (κ3) is 4.25. The van der Waals surface area contributed by atoms with E-state index in [0.29, 0.717) is 0 Å². The van der Waals surface area contributed by atoms with E-state index in [1.165, 1.54) is 21.9 Å². The SMILES string of the molecule is c1ccc(-c2ccc(-n3c4ccc(-c5cccc6c5oc5ccccc56)cc4c4cc(-c5cccc6c5oc5ccccc56)ccc43)cc2)cc1. The van der Waals surface area contributed by atoms with Crippen molar-refractivity contribution in [2.45, 2.75) is 0 Å². The minimum absolute atomic E-state index is 0.904. The second kappa shape index (κ2) is 10.8. The first-order valence-corrected chi connectivity index (χ1v) is 17.3. The van der Waals surface area contributed by atoms with Gasteiger partial charge in [-0.1, -0.05) is 127 Å². The number of fused-ring (bicyclic) bond motifs is 9. The normalized spacial score (nSPS) is 11.9.